The number of H-pyrrole nitrogens is 1. The molecular weight excluding hydrogens is 440 g/mol. The lowest BCUT2D eigenvalue weighted by molar-refractivity contribution is -0.272. The Kier molecular flexibility index (Phi) is 7.99. The van der Waals surface area contributed by atoms with E-state index in [0.717, 1.165) is 0 Å². The molecule has 6 atom stereocenters. The highest BCUT2D eigenvalue weighted by molar-refractivity contribution is 7.80. The van der Waals surface area contributed by atoms with E-state index in [2.05, 4.69) is 20.6 Å². The summed E-state index contributed by atoms with van der Waals surface area (Å²) < 4.78 is 16.4. The van der Waals surface area contributed by atoms with Crippen molar-refractivity contribution in [1.29, 1.82) is 0 Å². The van der Waals surface area contributed by atoms with Crippen LogP contribution in [0.3, 0.4) is 0 Å². The van der Waals surface area contributed by atoms with Crippen LogP contribution in [0.1, 0.15) is 12.6 Å². The number of aliphatic carboxylic acids is 1. The standard InChI is InChI=1S/C20H26N4O7S/c1-10-15(25)17(29-2)16(26)19(30-10)31-13-5-3-11(4-6-13)23-20(32)24-14(18(27)28)7-12-8-21-9-22-12/h3-6,8-10,14-17,19,25-26H,7H2,1-2H3,(H,21,22)(H,27,28)(H2,23,24,32)/t10-,14-,15+,16-,17+,19+/m0/s1. The molecule has 12 heteroatoms. The number of anilines is 1. The van der Waals surface area contributed by atoms with Crippen molar-refractivity contribution in [3.05, 3.63) is 42.5 Å². The minimum atomic E-state index is -1.18. The molecule has 0 saturated carbocycles. The molecule has 174 valence electrons. The third kappa shape index (κ3) is 5.93. The first-order valence-electron chi connectivity index (χ1n) is 9.87. The number of aliphatic hydroxyl groups excluding tert-OH is 2. The topological polar surface area (TPSA) is 158 Å². The SMILES string of the molecule is CO[C@H]1[C@H](O)[C@@H](Oc2ccc(NC(=S)N[C@@H](Cc3cnc[nH]3)C(=O)O)cc2)O[C@@H](C)[C@H]1O. The maximum Gasteiger partial charge on any atom is 0.326 e. The van der Waals surface area contributed by atoms with Crippen molar-refractivity contribution in [2.45, 2.75) is 50.1 Å². The Hall–Kier alpha value is -2.77. The molecule has 32 heavy (non-hydrogen) atoms. The zero-order valence-electron chi connectivity index (χ0n) is 17.5. The van der Waals surface area contributed by atoms with Gasteiger partial charge in [0.25, 0.3) is 0 Å². The summed E-state index contributed by atoms with van der Waals surface area (Å²) >= 11 is 5.22. The Balaban J connectivity index is 1.56. The second kappa shape index (κ2) is 10.7. The van der Waals surface area contributed by atoms with Gasteiger partial charge in [-0.15, -0.1) is 0 Å². The van der Waals surface area contributed by atoms with Crippen LogP contribution < -0.4 is 15.4 Å². The van der Waals surface area contributed by atoms with Gasteiger partial charge in [0.2, 0.25) is 6.29 Å². The number of nitrogens with zero attached hydrogens (tertiary/aromatic N) is 1. The van der Waals surface area contributed by atoms with E-state index in [1.165, 1.54) is 13.4 Å². The summed E-state index contributed by atoms with van der Waals surface area (Å²) in [7, 11) is 1.40. The second-order valence-electron chi connectivity index (χ2n) is 7.30. The van der Waals surface area contributed by atoms with E-state index in [0.29, 0.717) is 17.1 Å². The lowest BCUT2D eigenvalue weighted by Crippen LogP contribution is -2.59. The van der Waals surface area contributed by atoms with Crippen LogP contribution in [-0.2, 0) is 20.7 Å². The number of carbonyl (C=O) groups is 1. The number of ether oxygens (including phenoxy) is 3. The van der Waals surface area contributed by atoms with Gasteiger partial charge in [0.1, 0.15) is 30.1 Å². The zero-order chi connectivity index (χ0) is 23.3. The minimum Gasteiger partial charge on any atom is -0.480 e. The number of carboxylic acid groups (broad SMARTS) is 1. The Bertz CT molecular complexity index is 896. The van der Waals surface area contributed by atoms with Gasteiger partial charge in [-0.2, -0.15) is 0 Å². The smallest absolute Gasteiger partial charge is 0.326 e. The Morgan fingerprint density at radius 3 is 2.62 bits per heavy atom. The number of thiocarbonyl (C=S) groups is 1. The Labute approximate surface area is 189 Å². The number of aromatic nitrogens is 2. The van der Waals surface area contributed by atoms with Crippen LogP contribution in [0.15, 0.2) is 36.8 Å². The van der Waals surface area contributed by atoms with E-state index in [1.54, 1.807) is 37.4 Å². The third-order valence-electron chi connectivity index (χ3n) is 5.00. The van der Waals surface area contributed by atoms with Crippen LogP contribution in [0.5, 0.6) is 5.75 Å². The summed E-state index contributed by atoms with van der Waals surface area (Å²) in [6, 6.07) is 5.69. The molecule has 1 aromatic carbocycles. The van der Waals surface area contributed by atoms with Gasteiger partial charge in [-0.05, 0) is 43.4 Å². The molecule has 0 aliphatic carbocycles. The summed E-state index contributed by atoms with van der Waals surface area (Å²) in [5, 5.41) is 35.6. The summed E-state index contributed by atoms with van der Waals surface area (Å²) in [5.41, 5.74) is 1.27. The predicted octanol–water partition coefficient (Wildman–Crippen LogP) is 0.252. The molecule has 0 spiro atoms. The molecule has 1 aromatic heterocycles. The van der Waals surface area contributed by atoms with Crippen LogP contribution in [0.2, 0.25) is 0 Å². The van der Waals surface area contributed by atoms with Gasteiger partial charge in [0.15, 0.2) is 5.11 Å². The third-order valence-corrected chi connectivity index (χ3v) is 5.22. The number of aliphatic hydroxyl groups is 2. The number of methoxy groups -OCH3 is 1. The van der Waals surface area contributed by atoms with E-state index in [-0.39, 0.29) is 11.5 Å². The summed E-state index contributed by atoms with van der Waals surface area (Å²) in [6.07, 6.45) is -1.37. The molecule has 6 N–H and O–H groups in total. The van der Waals surface area contributed by atoms with E-state index in [9.17, 15) is 20.1 Å². The molecule has 2 heterocycles. The van der Waals surface area contributed by atoms with Crippen LogP contribution >= 0.6 is 12.2 Å². The summed E-state index contributed by atoms with van der Waals surface area (Å²) in [6.45, 7) is 1.66. The molecule has 1 saturated heterocycles. The normalized spacial score (nSPS) is 26.2. The predicted molar refractivity (Wildman–Crippen MR) is 117 cm³/mol. The Morgan fingerprint density at radius 1 is 1.31 bits per heavy atom. The number of benzene rings is 1. The number of aromatic amines is 1. The number of nitrogens with one attached hydrogen (secondary N) is 3. The molecule has 0 amide bonds. The van der Waals surface area contributed by atoms with Gasteiger partial charge in [0, 0.05) is 31.1 Å². The van der Waals surface area contributed by atoms with Crippen LogP contribution in [0.4, 0.5) is 5.69 Å². The fraction of sp³-hybridized carbons (Fsp3) is 0.450. The molecule has 1 aliphatic heterocycles. The van der Waals surface area contributed by atoms with Crippen LogP contribution in [-0.4, -0.2) is 80.2 Å². The number of hydrogen-bond acceptors (Lipinski definition) is 8. The quantitative estimate of drug-likeness (QED) is 0.296. The van der Waals surface area contributed by atoms with Crippen molar-refractivity contribution in [2.75, 3.05) is 12.4 Å². The first kappa shape index (κ1) is 23.9. The van der Waals surface area contributed by atoms with Gasteiger partial charge in [0.05, 0.1) is 12.4 Å². The Morgan fingerprint density at radius 2 is 2.03 bits per heavy atom. The number of carboxylic acids is 1. The fourth-order valence-electron chi connectivity index (χ4n) is 3.27. The van der Waals surface area contributed by atoms with Crippen LogP contribution in [0.25, 0.3) is 0 Å². The summed E-state index contributed by atoms with van der Waals surface area (Å²) in [5.74, 6) is -0.633. The van der Waals surface area contributed by atoms with Gasteiger partial charge in [-0.3, -0.25) is 0 Å². The first-order chi connectivity index (χ1) is 15.3. The highest BCUT2D eigenvalue weighted by atomic mass is 32.1. The monoisotopic (exact) mass is 466 g/mol. The largest absolute Gasteiger partial charge is 0.480 e. The maximum atomic E-state index is 11.5. The van der Waals surface area contributed by atoms with Crippen molar-refractivity contribution in [3.63, 3.8) is 0 Å². The number of rotatable bonds is 8. The molecule has 0 bridgehead atoms. The molecule has 11 nitrogen and oxygen atoms in total. The lowest BCUT2D eigenvalue weighted by Gasteiger charge is -2.40. The molecule has 1 fully saturated rings. The number of hydrogen-bond donors (Lipinski definition) is 6. The molecule has 1 aliphatic rings. The van der Waals surface area contributed by atoms with E-state index in [4.69, 9.17) is 26.4 Å². The van der Waals surface area contributed by atoms with Crippen molar-refractivity contribution in [3.8, 4) is 5.75 Å². The van der Waals surface area contributed by atoms with Gasteiger partial charge >= 0.3 is 5.97 Å². The first-order valence-corrected chi connectivity index (χ1v) is 10.3. The fourth-order valence-corrected chi connectivity index (χ4v) is 3.53. The van der Waals surface area contributed by atoms with Crippen molar-refractivity contribution in [2.24, 2.45) is 0 Å². The second-order valence-corrected chi connectivity index (χ2v) is 7.71. The van der Waals surface area contributed by atoms with Gasteiger partial charge in [-0.25, -0.2) is 9.78 Å². The molecule has 3 rings (SSSR count). The summed E-state index contributed by atoms with van der Waals surface area (Å²) in [4.78, 5) is 18.2. The maximum absolute atomic E-state index is 11.5. The highest BCUT2D eigenvalue weighted by Gasteiger charge is 2.44. The molecule has 0 radical (unpaired) electrons. The zero-order valence-corrected chi connectivity index (χ0v) is 18.3. The van der Waals surface area contributed by atoms with Gasteiger partial charge < -0.3 is 45.1 Å². The average molecular weight is 467 g/mol. The lowest BCUT2D eigenvalue weighted by atomic mass is 10.00. The minimum absolute atomic E-state index is 0.141. The molecule has 2 aromatic rings. The van der Waals surface area contributed by atoms with Crippen LogP contribution in [0, 0.1) is 0 Å². The van der Waals surface area contributed by atoms with Crippen molar-refractivity contribution >= 4 is 29.0 Å². The highest BCUT2D eigenvalue weighted by Crippen LogP contribution is 2.26. The van der Waals surface area contributed by atoms with E-state index < -0.39 is 42.7 Å². The molecule has 0 unspecified atom stereocenters. The number of imidazole rings is 1. The van der Waals surface area contributed by atoms with E-state index in [1.807, 2.05) is 0 Å². The van der Waals surface area contributed by atoms with E-state index >= 15 is 0 Å². The van der Waals surface area contributed by atoms with Crippen molar-refractivity contribution < 1.29 is 34.3 Å². The van der Waals surface area contributed by atoms with Gasteiger partial charge in [-0.1, -0.05) is 0 Å². The van der Waals surface area contributed by atoms with Crippen molar-refractivity contribution in [1.82, 2.24) is 15.3 Å². The molecular formula is C20H26N4O7S. The average Bonchev–Trinajstić information content (AvgIpc) is 3.26.